The molecule has 0 bridgehead atoms. The van der Waals surface area contributed by atoms with Crippen LogP contribution in [-0.4, -0.2) is 54.9 Å². The Balaban J connectivity index is 0.000000429. The number of aryl methyl sites for hydroxylation is 1. The van der Waals surface area contributed by atoms with Crippen LogP contribution in [0.2, 0.25) is 0 Å². The molecular formula is C23H21F3N6O3. The van der Waals surface area contributed by atoms with Crippen LogP contribution in [0, 0.1) is 0 Å². The third-order valence-electron chi connectivity index (χ3n) is 4.72. The molecule has 4 rings (SSSR count). The molecule has 35 heavy (non-hydrogen) atoms. The van der Waals surface area contributed by atoms with Gasteiger partial charge in [-0.2, -0.15) is 18.3 Å². The molecule has 0 aliphatic heterocycles. The predicted molar refractivity (Wildman–Crippen MR) is 121 cm³/mol. The van der Waals surface area contributed by atoms with Gasteiger partial charge in [0.2, 0.25) is 5.91 Å². The Labute approximate surface area is 197 Å². The molecule has 3 heterocycles. The lowest BCUT2D eigenvalue weighted by Gasteiger charge is -2.02. The fourth-order valence-electron chi connectivity index (χ4n) is 2.93. The molecule has 1 aromatic carbocycles. The summed E-state index contributed by atoms with van der Waals surface area (Å²) in [5.41, 5.74) is 4.75. The molecule has 3 N–H and O–H groups in total. The molecule has 0 saturated carbocycles. The number of pyridine rings is 1. The van der Waals surface area contributed by atoms with Gasteiger partial charge in [0.25, 0.3) is 0 Å². The van der Waals surface area contributed by atoms with E-state index in [9.17, 15) is 18.0 Å². The Morgan fingerprint density at radius 1 is 1.06 bits per heavy atom. The number of amides is 1. The van der Waals surface area contributed by atoms with Crippen LogP contribution >= 0.6 is 0 Å². The molecule has 0 fully saturated rings. The van der Waals surface area contributed by atoms with E-state index in [1.165, 1.54) is 0 Å². The second-order valence-corrected chi connectivity index (χ2v) is 7.16. The van der Waals surface area contributed by atoms with Gasteiger partial charge in [-0.3, -0.25) is 14.5 Å². The summed E-state index contributed by atoms with van der Waals surface area (Å²) in [5.74, 6) is -2.05. The Morgan fingerprint density at radius 3 is 2.43 bits per heavy atom. The molecule has 12 heteroatoms. The van der Waals surface area contributed by atoms with Crippen molar-refractivity contribution in [1.29, 1.82) is 0 Å². The molecule has 9 nitrogen and oxygen atoms in total. The zero-order chi connectivity index (χ0) is 25.4. The minimum Gasteiger partial charge on any atom is -0.475 e. The summed E-state index contributed by atoms with van der Waals surface area (Å²) in [5, 5.41) is 14.1. The number of nitrogens with zero attached hydrogens (tertiary/aromatic N) is 4. The first kappa shape index (κ1) is 25.1. The Kier molecular flexibility index (Phi) is 7.97. The number of rotatable bonds is 6. The summed E-state index contributed by atoms with van der Waals surface area (Å²) >= 11 is 0. The molecule has 0 atom stereocenters. The van der Waals surface area contributed by atoms with E-state index in [4.69, 9.17) is 9.90 Å². The molecule has 0 spiro atoms. The zero-order valence-electron chi connectivity index (χ0n) is 18.5. The van der Waals surface area contributed by atoms with Gasteiger partial charge in [-0.25, -0.2) is 9.78 Å². The maximum atomic E-state index is 11.4. The van der Waals surface area contributed by atoms with Gasteiger partial charge in [-0.1, -0.05) is 30.3 Å². The van der Waals surface area contributed by atoms with Gasteiger partial charge in [0, 0.05) is 38.0 Å². The van der Waals surface area contributed by atoms with Crippen LogP contribution in [-0.2, 0) is 16.1 Å². The molecule has 1 amide bonds. The number of nitrogens with one attached hydrogen (secondary N) is 2. The van der Waals surface area contributed by atoms with Gasteiger partial charge in [-0.15, -0.1) is 0 Å². The molecule has 0 aliphatic rings. The van der Waals surface area contributed by atoms with E-state index in [1.54, 1.807) is 24.1 Å². The summed E-state index contributed by atoms with van der Waals surface area (Å²) in [7, 11) is 1.63. The molecule has 182 valence electrons. The van der Waals surface area contributed by atoms with Crippen LogP contribution in [0.3, 0.4) is 0 Å². The minimum atomic E-state index is -5.08. The summed E-state index contributed by atoms with van der Waals surface area (Å²) in [4.78, 5) is 32.5. The highest BCUT2D eigenvalue weighted by molar-refractivity contribution is 5.75. The SMILES string of the molecule is CNC(=O)CCn1cc(-c2ccnc(-c3ncc(-c4ccccc4)[nH]3)c2)cn1.O=C(O)C(F)(F)F. The Bertz CT molecular complexity index is 1280. The number of carboxylic acids is 1. The highest BCUT2D eigenvalue weighted by Crippen LogP contribution is 2.25. The summed E-state index contributed by atoms with van der Waals surface area (Å²) in [6.07, 6.45) is 2.61. The van der Waals surface area contributed by atoms with E-state index in [0.29, 0.717) is 18.8 Å². The third kappa shape index (κ3) is 7.00. The van der Waals surface area contributed by atoms with Crippen molar-refractivity contribution in [3.05, 3.63) is 67.3 Å². The largest absolute Gasteiger partial charge is 0.490 e. The fraction of sp³-hybridized carbons (Fsp3) is 0.174. The number of carbonyl (C=O) groups is 2. The lowest BCUT2D eigenvalue weighted by atomic mass is 10.1. The summed E-state index contributed by atoms with van der Waals surface area (Å²) < 4.78 is 33.5. The van der Waals surface area contributed by atoms with Crippen molar-refractivity contribution in [3.8, 4) is 33.9 Å². The van der Waals surface area contributed by atoms with Crippen molar-refractivity contribution >= 4 is 11.9 Å². The second kappa shape index (κ2) is 11.1. The first-order chi connectivity index (χ1) is 16.7. The van der Waals surface area contributed by atoms with E-state index < -0.39 is 12.1 Å². The molecule has 4 aromatic rings. The number of benzene rings is 1. The van der Waals surface area contributed by atoms with E-state index >= 15 is 0 Å². The molecule has 0 aliphatic carbocycles. The van der Waals surface area contributed by atoms with Crippen molar-refractivity contribution in [3.63, 3.8) is 0 Å². The predicted octanol–water partition coefficient (Wildman–Crippen LogP) is 3.77. The van der Waals surface area contributed by atoms with Gasteiger partial charge in [0.1, 0.15) is 5.69 Å². The number of imidazole rings is 1. The van der Waals surface area contributed by atoms with E-state index in [0.717, 1.165) is 28.1 Å². The monoisotopic (exact) mass is 486 g/mol. The van der Waals surface area contributed by atoms with Crippen LogP contribution < -0.4 is 5.32 Å². The second-order valence-electron chi connectivity index (χ2n) is 7.16. The first-order valence-electron chi connectivity index (χ1n) is 10.3. The number of aromatic amines is 1. The van der Waals surface area contributed by atoms with Crippen LogP contribution in [0.4, 0.5) is 13.2 Å². The average Bonchev–Trinajstić information content (AvgIpc) is 3.53. The molecule has 0 radical (unpaired) electrons. The molecule has 0 unspecified atom stereocenters. The lowest BCUT2D eigenvalue weighted by molar-refractivity contribution is -0.192. The highest BCUT2D eigenvalue weighted by Gasteiger charge is 2.38. The van der Waals surface area contributed by atoms with E-state index in [1.807, 2.05) is 54.9 Å². The number of hydrogen-bond acceptors (Lipinski definition) is 5. The van der Waals surface area contributed by atoms with Crippen molar-refractivity contribution in [2.24, 2.45) is 0 Å². The quantitative estimate of drug-likeness (QED) is 0.381. The topological polar surface area (TPSA) is 126 Å². The number of carboxylic acid groups (broad SMARTS) is 1. The number of H-pyrrole nitrogens is 1. The number of aromatic nitrogens is 5. The molecule has 3 aromatic heterocycles. The third-order valence-corrected chi connectivity index (χ3v) is 4.72. The number of aliphatic carboxylic acids is 1. The summed E-state index contributed by atoms with van der Waals surface area (Å²) in [6, 6.07) is 14.0. The minimum absolute atomic E-state index is 0.00436. The number of hydrogen-bond donors (Lipinski definition) is 3. The lowest BCUT2D eigenvalue weighted by Crippen LogP contribution is -2.21. The van der Waals surface area contributed by atoms with Crippen molar-refractivity contribution in [2.45, 2.75) is 19.1 Å². The fourth-order valence-corrected chi connectivity index (χ4v) is 2.93. The van der Waals surface area contributed by atoms with E-state index in [-0.39, 0.29) is 5.91 Å². The van der Waals surface area contributed by atoms with Crippen molar-refractivity contribution in [2.75, 3.05) is 7.05 Å². The van der Waals surface area contributed by atoms with Crippen molar-refractivity contribution < 1.29 is 27.9 Å². The van der Waals surface area contributed by atoms with Crippen LogP contribution in [0.25, 0.3) is 33.9 Å². The highest BCUT2D eigenvalue weighted by atomic mass is 19.4. The number of carbonyl (C=O) groups excluding carboxylic acids is 1. The van der Waals surface area contributed by atoms with Crippen LogP contribution in [0.15, 0.2) is 67.3 Å². The number of alkyl halides is 3. The van der Waals surface area contributed by atoms with Gasteiger partial charge >= 0.3 is 12.1 Å². The standard InChI is InChI=1S/C21H20N6O.C2HF3O2/c1-22-20(28)8-10-27-14-17(12-25-27)16-7-9-23-18(11-16)21-24-13-19(26-21)15-5-3-2-4-6-15;3-2(4,5)1(6)7/h2-7,9,11-14H,8,10H2,1H3,(H,22,28)(H,24,26);(H,6,7). The average molecular weight is 486 g/mol. The van der Waals surface area contributed by atoms with Gasteiger partial charge in [-0.05, 0) is 23.3 Å². The Hall–Kier alpha value is -4.48. The van der Waals surface area contributed by atoms with E-state index in [2.05, 4.69) is 25.4 Å². The maximum Gasteiger partial charge on any atom is 0.490 e. The smallest absolute Gasteiger partial charge is 0.475 e. The van der Waals surface area contributed by atoms with Gasteiger partial charge in [0.05, 0.1) is 18.1 Å². The molecule has 0 saturated heterocycles. The first-order valence-corrected chi connectivity index (χ1v) is 10.3. The number of halogens is 3. The van der Waals surface area contributed by atoms with Gasteiger partial charge < -0.3 is 15.4 Å². The Morgan fingerprint density at radius 2 is 1.77 bits per heavy atom. The maximum absolute atomic E-state index is 11.4. The normalized spacial score (nSPS) is 10.9. The molecular weight excluding hydrogens is 465 g/mol. The summed E-state index contributed by atoms with van der Waals surface area (Å²) in [6.45, 7) is 0.538. The van der Waals surface area contributed by atoms with Crippen LogP contribution in [0.5, 0.6) is 0 Å². The zero-order valence-corrected chi connectivity index (χ0v) is 18.5. The van der Waals surface area contributed by atoms with Crippen molar-refractivity contribution in [1.82, 2.24) is 30.0 Å². The van der Waals surface area contributed by atoms with Gasteiger partial charge in [0.15, 0.2) is 5.82 Å². The van der Waals surface area contributed by atoms with Crippen LogP contribution in [0.1, 0.15) is 6.42 Å².